The zero-order chi connectivity index (χ0) is 15.9. The summed E-state index contributed by atoms with van der Waals surface area (Å²) in [5.41, 5.74) is 7.45. The molecule has 1 amide bonds. The Hall–Kier alpha value is -1.63. The average molecular weight is 343 g/mol. The number of nitrogens with two attached hydrogens (primary N) is 1. The SMILES string of the molecule is COC(=O)Cc1cccc(NC(=O)C(N)C2CCOCC2)c1.Cl. The van der Waals surface area contributed by atoms with Crippen LogP contribution in [-0.4, -0.2) is 38.2 Å². The Bertz CT molecular complexity index is 533. The summed E-state index contributed by atoms with van der Waals surface area (Å²) in [4.78, 5) is 23.5. The molecule has 0 aromatic heterocycles. The number of methoxy groups -OCH3 is 1. The number of carbonyl (C=O) groups excluding carboxylic acids is 2. The predicted octanol–water partition coefficient (Wildman–Crippen LogP) is 1.52. The molecule has 0 saturated carbocycles. The molecule has 1 aliphatic rings. The minimum absolute atomic E-state index is 0. The Balaban J connectivity index is 0.00000264. The van der Waals surface area contributed by atoms with E-state index in [0.29, 0.717) is 18.9 Å². The third-order valence-electron chi connectivity index (χ3n) is 3.85. The molecule has 1 aliphatic heterocycles. The van der Waals surface area contributed by atoms with Crippen LogP contribution in [-0.2, 0) is 25.5 Å². The van der Waals surface area contributed by atoms with E-state index in [4.69, 9.17) is 10.5 Å². The lowest BCUT2D eigenvalue weighted by atomic mass is 9.92. The second-order valence-corrected chi connectivity index (χ2v) is 5.42. The second-order valence-electron chi connectivity index (χ2n) is 5.42. The molecule has 1 unspecified atom stereocenters. The standard InChI is InChI=1S/C16H22N2O4.ClH/c1-21-14(19)10-11-3-2-4-13(9-11)18-16(20)15(17)12-5-7-22-8-6-12;/h2-4,9,12,15H,5-8,10,17H2,1H3,(H,18,20);1H. The molecule has 128 valence electrons. The smallest absolute Gasteiger partial charge is 0.309 e. The minimum Gasteiger partial charge on any atom is -0.469 e. The number of carbonyl (C=O) groups is 2. The van der Waals surface area contributed by atoms with Crippen LogP contribution in [0.5, 0.6) is 0 Å². The van der Waals surface area contributed by atoms with Crippen LogP contribution < -0.4 is 11.1 Å². The first-order valence-corrected chi connectivity index (χ1v) is 7.40. The summed E-state index contributed by atoms with van der Waals surface area (Å²) in [6, 6.07) is 6.58. The van der Waals surface area contributed by atoms with Gasteiger partial charge in [-0.3, -0.25) is 9.59 Å². The lowest BCUT2D eigenvalue weighted by molar-refractivity contribution is -0.139. The van der Waals surface area contributed by atoms with Crippen molar-refractivity contribution in [3.63, 3.8) is 0 Å². The highest BCUT2D eigenvalue weighted by Gasteiger charge is 2.26. The van der Waals surface area contributed by atoms with E-state index in [1.165, 1.54) is 7.11 Å². The Morgan fingerprint density at radius 2 is 2.09 bits per heavy atom. The molecule has 3 N–H and O–H groups in total. The fraction of sp³-hybridized carbons (Fsp3) is 0.500. The van der Waals surface area contributed by atoms with E-state index in [2.05, 4.69) is 10.1 Å². The van der Waals surface area contributed by atoms with Crippen molar-refractivity contribution < 1.29 is 19.1 Å². The molecule has 6 nitrogen and oxygen atoms in total. The van der Waals surface area contributed by atoms with Crippen molar-refractivity contribution in [1.29, 1.82) is 0 Å². The molecule has 1 aromatic carbocycles. The molecule has 1 fully saturated rings. The maximum atomic E-state index is 12.2. The van der Waals surface area contributed by atoms with E-state index in [-0.39, 0.29) is 36.6 Å². The molecule has 0 bridgehead atoms. The average Bonchev–Trinajstić information content (AvgIpc) is 2.55. The van der Waals surface area contributed by atoms with Gasteiger partial charge >= 0.3 is 5.97 Å². The molecule has 1 heterocycles. The molecule has 23 heavy (non-hydrogen) atoms. The lowest BCUT2D eigenvalue weighted by Crippen LogP contribution is -2.44. The summed E-state index contributed by atoms with van der Waals surface area (Å²) in [5.74, 6) is -0.378. The van der Waals surface area contributed by atoms with Crippen molar-refractivity contribution >= 4 is 30.0 Å². The summed E-state index contributed by atoms with van der Waals surface area (Å²) in [7, 11) is 1.35. The van der Waals surface area contributed by atoms with Crippen molar-refractivity contribution in [3.8, 4) is 0 Å². The van der Waals surface area contributed by atoms with Gasteiger partial charge in [-0.2, -0.15) is 0 Å². The van der Waals surface area contributed by atoms with Gasteiger partial charge < -0.3 is 20.5 Å². The zero-order valence-electron chi connectivity index (χ0n) is 13.1. The number of rotatable bonds is 5. The van der Waals surface area contributed by atoms with Crippen LogP contribution in [0, 0.1) is 5.92 Å². The molecule has 1 saturated heterocycles. The summed E-state index contributed by atoms with van der Waals surface area (Å²) in [5, 5.41) is 2.81. The number of hydrogen-bond donors (Lipinski definition) is 2. The van der Waals surface area contributed by atoms with E-state index < -0.39 is 6.04 Å². The van der Waals surface area contributed by atoms with Crippen LogP contribution in [0.15, 0.2) is 24.3 Å². The van der Waals surface area contributed by atoms with Gasteiger partial charge in [0.2, 0.25) is 5.91 Å². The van der Waals surface area contributed by atoms with Gasteiger partial charge in [0.15, 0.2) is 0 Å². The van der Waals surface area contributed by atoms with Crippen molar-refractivity contribution in [3.05, 3.63) is 29.8 Å². The van der Waals surface area contributed by atoms with Gasteiger partial charge in [0.05, 0.1) is 19.6 Å². The number of esters is 1. The monoisotopic (exact) mass is 342 g/mol. The molecule has 0 radical (unpaired) electrons. The van der Waals surface area contributed by atoms with Crippen molar-refractivity contribution in [2.75, 3.05) is 25.6 Å². The van der Waals surface area contributed by atoms with Gasteiger partial charge in [-0.15, -0.1) is 12.4 Å². The number of nitrogens with one attached hydrogen (secondary N) is 1. The third-order valence-corrected chi connectivity index (χ3v) is 3.85. The van der Waals surface area contributed by atoms with Gasteiger partial charge in [-0.1, -0.05) is 12.1 Å². The Morgan fingerprint density at radius 1 is 1.39 bits per heavy atom. The maximum absolute atomic E-state index is 12.2. The number of anilines is 1. The minimum atomic E-state index is -0.548. The number of hydrogen-bond acceptors (Lipinski definition) is 5. The molecular weight excluding hydrogens is 320 g/mol. The molecular formula is C16H23ClN2O4. The zero-order valence-corrected chi connectivity index (χ0v) is 13.9. The van der Waals surface area contributed by atoms with Gasteiger partial charge in [-0.05, 0) is 36.5 Å². The van der Waals surface area contributed by atoms with Crippen LogP contribution in [0.2, 0.25) is 0 Å². The highest BCUT2D eigenvalue weighted by atomic mass is 35.5. The molecule has 0 spiro atoms. The van der Waals surface area contributed by atoms with E-state index in [1.807, 2.05) is 6.07 Å². The molecule has 1 aromatic rings. The van der Waals surface area contributed by atoms with Gasteiger partial charge in [0.25, 0.3) is 0 Å². The quantitative estimate of drug-likeness (QED) is 0.792. The van der Waals surface area contributed by atoms with E-state index in [0.717, 1.165) is 18.4 Å². The summed E-state index contributed by atoms with van der Waals surface area (Å²) >= 11 is 0. The highest BCUT2D eigenvalue weighted by Crippen LogP contribution is 2.19. The van der Waals surface area contributed by atoms with E-state index in [9.17, 15) is 9.59 Å². The summed E-state index contributed by atoms with van der Waals surface area (Å²) in [6.45, 7) is 1.31. The summed E-state index contributed by atoms with van der Waals surface area (Å²) in [6.07, 6.45) is 1.78. The van der Waals surface area contributed by atoms with E-state index in [1.54, 1.807) is 18.2 Å². The van der Waals surface area contributed by atoms with Crippen LogP contribution >= 0.6 is 12.4 Å². The fourth-order valence-corrected chi connectivity index (χ4v) is 2.51. The third kappa shape index (κ3) is 5.82. The Morgan fingerprint density at radius 3 is 2.74 bits per heavy atom. The molecule has 7 heteroatoms. The van der Waals surface area contributed by atoms with Crippen LogP contribution in [0.25, 0.3) is 0 Å². The van der Waals surface area contributed by atoms with Crippen LogP contribution in [0.4, 0.5) is 5.69 Å². The number of amides is 1. The van der Waals surface area contributed by atoms with Gasteiger partial charge in [-0.25, -0.2) is 0 Å². The second kappa shape index (κ2) is 9.50. The first-order chi connectivity index (χ1) is 10.6. The number of benzene rings is 1. The Kier molecular flexibility index (Phi) is 8.02. The van der Waals surface area contributed by atoms with Crippen LogP contribution in [0.3, 0.4) is 0 Å². The number of ether oxygens (including phenoxy) is 2. The first kappa shape index (κ1) is 19.4. The van der Waals surface area contributed by atoms with Crippen molar-refractivity contribution in [1.82, 2.24) is 0 Å². The maximum Gasteiger partial charge on any atom is 0.309 e. The molecule has 0 aliphatic carbocycles. The normalized spacial score (nSPS) is 16.1. The Labute approximate surface area is 142 Å². The molecule has 2 rings (SSSR count). The fourth-order valence-electron chi connectivity index (χ4n) is 2.51. The van der Waals surface area contributed by atoms with Crippen LogP contribution in [0.1, 0.15) is 18.4 Å². The van der Waals surface area contributed by atoms with Crippen molar-refractivity contribution in [2.24, 2.45) is 11.7 Å². The molecule has 1 atom stereocenters. The number of halogens is 1. The predicted molar refractivity (Wildman–Crippen MR) is 89.6 cm³/mol. The van der Waals surface area contributed by atoms with Gasteiger partial charge in [0.1, 0.15) is 0 Å². The first-order valence-electron chi connectivity index (χ1n) is 7.40. The topological polar surface area (TPSA) is 90.7 Å². The van der Waals surface area contributed by atoms with Crippen molar-refractivity contribution in [2.45, 2.75) is 25.3 Å². The summed E-state index contributed by atoms with van der Waals surface area (Å²) < 4.78 is 9.91. The highest BCUT2D eigenvalue weighted by molar-refractivity contribution is 5.95. The van der Waals surface area contributed by atoms with Gasteiger partial charge in [0, 0.05) is 18.9 Å². The van der Waals surface area contributed by atoms with E-state index >= 15 is 0 Å². The lowest BCUT2D eigenvalue weighted by Gasteiger charge is -2.26. The largest absolute Gasteiger partial charge is 0.469 e.